The first-order chi connectivity index (χ1) is 14.8. The summed E-state index contributed by atoms with van der Waals surface area (Å²) < 4.78 is 38.1. The maximum Gasteiger partial charge on any atom is 0.275 e. The van der Waals surface area contributed by atoms with Gasteiger partial charge in [0.25, 0.3) is 5.91 Å². The van der Waals surface area contributed by atoms with Gasteiger partial charge in [0.05, 0.1) is 18.9 Å². The number of hydrogen-bond donors (Lipinski definition) is 2. The second-order valence-electron chi connectivity index (χ2n) is 8.70. The molecule has 166 valence electrons. The molecule has 1 aliphatic heterocycles. The molecule has 1 atom stereocenters. The van der Waals surface area contributed by atoms with Crippen molar-refractivity contribution in [3.05, 3.63) is 41.7 Å². The molecule has 2 aromatic rings. The fraction of sp³-hybridized carbons (Fsp3) is 0.500. The SMILES string of the molecule is COc1ncc(Nc2cc(F)cc(F)c2)nc1C(=O)NCC1(C)CCOC2(CCC2)C1. The lowest BCUT2D eigenvalue weighted by Gasteiger charge is -2.51. The second-order valence-corrected chi connectivity index (χ2v) is 8.70. The van der Waals surface area contributed by atoms with E-state index in [1.165, 1.54) is 19.7 Å². The molecule has 4 rings (SSSR count). The summed E-state index contributed by atoms with van der Waals surface area (Å²) in [6, 6.07) is 3.02. The molecule has 1 aliphatic carbocycles. The zero-order chi connectivity index (χ0) is 22.1. The second kappa shape index (κ2) is 8.37. The standard InChI is InChI=1S/C22H26F2N4O3/c1-21(6-7-31-22(12-21)4-3-5-22)13-26-19(29)18-20(30-2)25-11-17(28-18)27-16-9-14(23)8-15(24)10-16/h8-11H,3-7,12-13H2,1-2H3,(H,26,29)(H,27,28). The molecule has 1 amide bonds. The number of halogens is 2. The lowest BCUT2D eigenvalue weighted by atomic mass is 9.66. The van der Waals surface area contributed by atoms with Crippen LogP contribution in [0.25, 0.3) is 0 Å². The molecule has 7 nitrogen and oxygen atoms in total. The first-order valence-electron chi connectivity index (χ1n) is 10.4. The molecule has 2 N–H and O–H groups in total. The van der Waals surface area contributed by atoms with Gasteiger partial charge >= 0.3 is 0 Å². The number of nitrogens with one attached hydrogen (secondary N) is 2. The van der Waals surface area contributed by atoms with Gasteiger partial charge in [0.15, 0.2) is 5.69 Å². The number of aromatic nitrogens is 2. The number of carbonyl (C=O) groups is 1. The smallest absolute Gasteiger partial charge is 0.275 e. The Morgan fingerprint density at radius 3 is 2.61 bits per heavy atom. The van der Waals surface area contributed by atoms with Crippen LogP contribution >= 0.6 is 0 Å². The van der Waals surface area contributed by atoms with Crippen molar-refractivity contribution in [1.29, 1.82) is 0 Å². The number of methoxy groups -OCH3 is 1. The molecular formula is C22H26F2N4O3. The van der Waals surface area contributed by atoms with E-state index < -0.39 is 17.5 Å². The third-order valence-corrected chi connectivity index (χ3v) is 6.09. The normalized spacial score (nSPS) is 21.9. The predicted molar refractivity (Wildman–Crippen MR) is 110 cm³/mol. The summed E-state index contributed by atoms with van der Waals surface area (Å²) in [7, 11) is 1.40. The van der Waals surface area contributed by atoms with Crippen LogP contribution < -0.4 is 15.4 Å². The fourth-order valence-corrected chi connectivity index (χ4v) is 4.36. The van der Waals surface area contributed by atoms with Crippen molar-refractivity contribution in [2.24, 2.45) is 5.41 Å². The summed E-state index contributed by atoms with van der Waals surface area (Å²) >= 11 is 0. The van der Waals surface area contributed by atoms with Crippen LogP contribution in [0.1, 0.15) is 49.5 Å². The molecule has 2 aliphatic rings. The lowest BCUT2D eigenvalue weighted by Crippen LogP contribution is -2.52. The van der Waals surface area contributed by atoms with Crippen LogP contribution in [0.15, 0.2) is 24.4 Å². The number of amides is 1. The largest absolute Gasteiger partial charge is 0.479 e. The third kappa shape index (κ3) is 4.76. The van der Waals surface area contributed by atoms with Crippen molar-refractivity contribution in [2.75, 3.05) is 25.6 Å². The zero-order valence-electron chi connectivity index (χ0n) is 17.6. The van der Waals surface area contributed by atoms with Crippen LogP contribution in [0.3, 0.4) is 0 Å². The molecule has 1 aromatic heterocycles. The molecule has 2 fully saturated rings. The van der Waals surface area contributed by atoms with Crippen LogP contribution in [-0.4, -0.2) is 41.7 Å². The van der Waals surface area contributed by atoms with E-state index in [4.69, 9.17) is 9.47 Å². The quantitative estimate of drug-likeness (QED) is 0.718. The minimum absolute atomic E-state index is 0.00149. The van der Waals surface area contributed by atoms with E-state index in [0.717, 1.165) is 43.9 Å². The van der Waals surface area contributed by atoms with Crippen molar-refractivity contribution < 1.29 is 23.0 Å². The third-order valence-electron chi connectivity index (χ3n) is 6.09. The highest BCUT2D eigenvalue weighted by Gasteiger charge is 2.47. The van der Waals surface area contributed by atoms with E-state index in [-0.39, 0.29) is 34.1 Å². The summed E-state index contributed by atoms with van der Waals surface area (Å²) in [5.74, 6) is -1.64. The Labute approximate surface area is 179 Å². The molecule has 2 heterocycles. The Kier molecular flexibility index (Phi) is 5.79. The molecule has 1 saturated carbocycles. The van der Waals surface area contributed by atoms with Crippen molar-refractivity contribution in [3.8, 4) is 5.88 Å². The van der Waals surface area contributed by atoms with Gasteiger partial charge in [0.2, 0.25) is 5.88 Å². The van der Waals surface area contributed by atoms with Crippen molar-refractivity contribution in [2.45, 2.75) is 44.6 Å². The maximum atomic E-state index is 13.4. The van der Waals surface area contributed by atoms with Gasteiger partial charge in [-0.05, 0) is 49.7 Å². The Morgan fingerprint density at radius 1 is 1.23 bits per heavy atom. The molecule has 1 spiro atoms. The number of ether oxygens (including phenoxy) is 2. The number of carbonyl (C=O) groups excluding carboxylic acids is 1. The van der Waals surface area contributed by atoms with Gasteiger partial charge in [-0.2, -0.15) is 0 Å². The molecule has 1 aromatic carbocycles. The Bertz CT molecular complexity index is 963. The number of benzene rings is 1. The highest BCUT2D eigenvalue weighted by atomic mass is 19.1. The van der Waals surface area contributed by atoms with Crippen molar-refractivity contribution in [1.82, 2.24) is 15.3 Å². The van der Waals surface area contributed by atoms with Gasteiger partial charge in [0.1, 0.15) is 17.5 Å². The van der Waals surface area contributed by atoms with E-state index in [0.29, 0.717) is 13.2 Å². The Hall–Kier alpha value is -2.81. The highest BCUT2D eigenvalue weighted by Crippen LogP contribution is 2.48. The molecule has 9 heteroatoms. The lowest BCUT2D eigenvalue weighted by molar-refractivity contribution is -0.162. The summed E-state index contributed by atoms with van der Waals surface area (Å²) in [4.78, 5) is 21.3. The van der Waals surface area contributed by atoms with Gasteiger partial charge in [-0.25, -0.2) is 18.7 Å². The Morgan fingerprint density at radius 2 is 1.97 bits per heavy atom. The summed E-state index contributed by atoms with van der Waals surface area (Å²) in [6.45, 7) is 3.34. The summed E-state index contributed by atoms with van der Waals surface area (Å²) in [5.41, 5.74) is 0.0608. The number of hydrogen-bond acceptors (Lipinski definition) is 6. The molecule has 31 heavy (non-hydrogen) atoms. The first kappa shape index (κ1) is 21.4. The summed E-state index contributed by atoms with van der Waals surface area (Å²) in [5, 5.41) is 5.72. The predicted octanol–water partition coefficient (Wildman–Crippen LogP) is 3.98. The van der Waals surface area contributed by atoms with Gasteiger partial charge in [-0.15, -0.1) is 0 Å². The molecule has 0 radical (unpaired) electrons. The maximum absolute atomic E-state index is 13.4. The van der Waals surface area contributed by atoms with E-state index in [1.807, 2.05) is 0 Å². The van der Waals surface area contributed by atoms with Crippen LogP contribution in [-0.2, 0) is 4.74 Å². The average molecular weight is 432 g/mol. The summed E-state index contributed by atoms with van der Waals surface area (Å²) in [6.07, 6.45) is 6.44. The first-order valence-corrected chi connectivity index (χ1v) is 10.4. The molecule has 0 bridgehead atoms. The van der Waals surface area contributed by atoms with Crippen LogP contribution in [0, 0.1) is 17.0 Å². The minimum Gasteiger partial charge on any atom is -0.479 e. The van der Waals surface area contributed by atoms with Gasteiger partial charge in [-0.1, -0.05) is 6.92 Å². The molecular weight excluding hydrogens is 406 g/mol. The topological polar surface area (TPSA) is 85.4 Å². The Balaban J connectivity index is 1.47. The molecule has 1 unspecified atom stereocenters. The van der Waals surface area contributed by atoms with Gasteiger partial charge in [0, 0.05) is 24.9 Å². The zero-order valence-corrected chi connectivity index (χ0v) is 17.6. The van der Waals surface area contributed by atoms with Crippen molar-refractivity contribution >= 4 is 17.4 Å². The van der Waals surface area contributed by atoms with E-state index in [1.54, 1.807) is 0 Å². The van der Waals surface area contributed by atoms with E-state index in [9.17, 15) is 13.6 Å². The number of anilines is 2. The van der Waals surface area contributed by atoms with Crippen molar-refractivity contribution in [3.63, 3.8) is 0 Å². The minimum atomic E-state index is -0.726. The monoisotopic (exact) mass is 432 g/mol. The number of nitrogens with zero attached hydrogens (tertiary/aromatic N) is 2. The van der Waals surface area contributed by atoms with Crippen LogP contribution in [0.2, 0.25) is 0 Å². The van der Waals surface area contributed by atoms with E-state index >= 15 is 0 Å². The number of rotatable bonds is 6. The van der Waals surface area contributed by atoms with Gasteiger partial charge in [-0.3, -0.25) is 4.79 Å². The van der Waals surface area contributed by atoms with Gasteiger partial charge < -0.3 is 20.1 Å². The highest BCUT2D eigenvalue weighted by molar-refractivity contribution is 5.94. The average Bonchev–Trinajstić information content (AvgIpc) is 2.70. The van der Waals surface area contributed by atoms with E-state index in [2.05, 4.69) is 27.5 Å². The fourth-order valence-electron chi connectivity index (χ4n) is 4.36. The van der Waals surface area contributed by atoms with Crippen LogP contribution in [0.5, 0.6) is 5.88 Å². The molecule has 1 saturated heterocycles. The van der Waals surface area contributed by atoms with Crippen LogP contribution in [0.4, 0.5) is 20.3 Å².